The van der Waals surface area contributed by atoms with Gasteiger partial charge in [0.05, 0.1) is 23.3 Å². The molecule has 0 fully saturated rings. The molecule has 1 aromatic carbocycles. The molecule has 0 spiro atoms. The Morgan fingerprint density at radius 3 is 3.00 bits per heavy atom. The average molecular weight is 330 g/mol. The highest BCUT2D eigenvalue weighted by Crippen LogP contribution is 2.28. The number of aryl methyl sites for hydroxylation is 2. The highest BCUT2D eigenvalue weighted by Gasteiger charge is 2.23. The fourth-order valence-electron chi connectivity index (χ4n) is 2.98. The van der Waals surface area contributed by atoms with Crippen LogP contribution in [-0.4, -0.2) is 33.6 Å². The minimum atomic E-state index is -0.524. The Labute approximate surface area is 138 Å². The molecule has 24 heavy (non-hydrogen) atoms. The van der Waals surface area contributed by atoms with E-state index in [0.717, 1.165) is 24.4 Å². The van der Waals surface area contributed by atoms with Crippen molar-refractivity contribution < 1.29 is 14.5 Å². The number of hydrogen-bond acceptors (Lipinski definition) is 6. The van der Waals surface area contributed by atoms with Gasteiger partial charge >= 0.3 is 5.97 Å². The summed E-state index contributed by atoms with van der Waals surface area (Å²) in [6.45, 7) is 2.62. The van der Waals surface area contributed by atoms with Crippen molar-refractivity contribution >= 4 is 17.3 Å². The normalized spacial score (nSPS) is 16.3. The summed E-state index contributed by atoms with van der Waals surface area (Å²) in [6.07, 6.45) is 3.59. The number of nitro groups is 1. The van der Waals surface area contributed by atoms with Crippen molar-refractivity contribution in [1.29, 1.82) is 0 Å². The Bertz CT molecular complexity index is 799. The number of methoxy groups -OCH3 is 1. The van der Waals surface area contributed by atoms with Gasteiger partial charge < -0.3 is 14.6 Å². The van der Waals surface area contributed by atoms with E-state index in [4.69, 9.17) is 0 Å². The zero-order valence-electron chi connectivity index (χ0n) is 13.5. The van der Waals surface area contributed by atoms with Crippen molar-refractivity contribution in [3.05, 3.63) is 51.6 Å². The van der Waals surface area contributed by atoms with Crippen LogP contribution in [0.25, 0.3) is 0 Å². The quantitative estimate of drug-likeness (QED) is 0.524. The number of anilines is 1. The number of carbonyl (C=O) groups is 1. The fourth-order valence-corrected chi connectivity index (χ4v) is 2.98. The van der Waals surface area contributed by atoms with Crippen LogP contribution >= 0.6 is 0 Å². The van der Waals surface area contributed by atoms with Gasteiger partial charge in [-0.25, -0.2) is 9.78 Å². The van der Waals surface area contributed by atoms with E-state index in [1.54, 1.807) is 0 Å². The molecular formula is C16H18N4O4. The molecule has 1 aliphatic rings. The van der Waals surface area contributed by atoms with E-state index in [1.807, 2.05) is 13.1 Å². The van der Waals surface area contributed by atoms with E-state index in [1.165, 1.54) is 25.3 Å². The lowest BCUT2D eigenvalue weighted by Gasteiger charge is -2.25. The van der Waals surface area contributed by atoms with Gasteiger partial charge in [-0.3, -0.25) is 10.1 Å². The minimum Gasteiger partial charge on any atom is -0.465 e. The SMILES string of the molecule is COC(=O)c1ccc([N+](=O)[O-])c(N[C@@H]2CCc3nc(C)cn3C2)c1. The Hall–Kier alpha value is -2.90. The summed E-state index contributed by atoms with van der Waals surface area (Å²) < 4.78 is 6.74. The van der Waals surface area contributed by atoms with E-state index in [-0.39, 0.29) is 17.3 Å². The van der Waals surface area contributed by atoms with Gasteiger partial charge in [-0.05, 0) is 25.5 Å². The number of hydrogen-bond donors (Lipinski definition) is 1. The molecule has 0 bridgehead atoms. The largest absolute Gasteiger partial charge is 0.465 e. The van der Waals surface area contributed by atoms with Gasteiger partial charge in [-0.2, -0.15) is 0 Å². The number of fused-ring (bicyclic) bond motifs is 1. The van der Waals surface area contributed by atoms with Crippen molar-refractivity contribution in [3.63, 3.8) is 0 Å². The molecule has 8 heteroatoms. The summed E-state index contributed by atoms with van der Waals surface area (Å²) in [5.74, 6) is 0.507. The molecule has 8 nitrogen and oxygen atoms in total. The van der Waals surface area contributed by atoms with Gasteiger partial charge in [0.1, 0.15) is 11.5 Å². The number of carbonyl (C=O) groups excluding carboxylic acids is 1. The fraction of sp³-hybridized carbons (Fsp3) is 0.375. The van der Waals surface area contributed by atoms with Crippen LogP contribution < -0.4 is 5.32 Å². The van der Waals surface area contributed by atoms with Crippen molar-refractivity contribution in [3.8, 4) is 0 Å². The van der Waals surface area contributed by atoms with Crippen LogP contribution in [0.1, 0.15) is 28.3 Å². The second-order valence-corrected chi connectivity index (χ2v) is 5.81. The van der Waals surface area contributed by atoms with Crippen molar-refractivity contribution in [2.75, 3.05) is 12.4 Å². The van der Waals surface area contributed by atoms with E-state index >= 15 is 0 Å². The van der Waals surface area contributed by atoms with Crippen LogP contribution in [0.5, 0.6) is 0 Å². The number of imidazole rings is 1. The molecule has 1 aliphatic heterocycles. The molecule has 3 rings (SSSR count). The molecule has 0 amide bonds. The third-order valence-corrected chi connectivity index (χ3v) is 4.09. The highest BCUT2D eigenvalue weighted by atomic mass is 16.6. The van der Waals surface area contributed by atoms with Crippen LogP contribution in [0.3, 0.4) is 0 Å². The molecule has 1 aromatic heterocycles. The Morgan fingerprint density at radius 2 is 2.29 bits per heavy atom. The van der Waals surface area contributed by atoms with Crippen LogP contribution in [0.2, 0.25) is 0 Å². The summed E-state index contributed by atoms with van der Waals surface area (Å²) in [4.78, 5) is 26.9. The van der Waals surface area contributed by atoms with E-state index in [9.17, 15) is 14.9 Å². The smallest absolute Gasteiger partial charge is 0.337 e. The number of aromatic nitrogens is 2. The minimum absolute atomic E-state index is 0.0256. The first-order valence-corrected chi connectivity index (χ1v) is 7.64. The molecular weight excluding hydrogens is 312 g/mol. The Morgan fingerprint density at radius 1 is 1.50 bits per heavy atom. The first-order chi connectivity index (χ1) is 11.5. The molecule has 0 saturated carbocycles. The molecule has 1 N–H and O–H groups in total. The average Bonchev–Trinajstić information content (AvgIpc) is 2.93. The topological polar surface area (TPSA) is 99.3 Å². The Kier molecular flexibility index (Phi) is 4.20. The molecule has 2 heterocycles. The number of benzene rings is 1. The zero-order valence-corrected chi connectivity index (χ0v) is 13.5. The van der Waals surface area contributed by atoms with Gasteiger partial charge in [0.15, 0.2) is 0 Å². The summed E-state index contributed by atoms with van der Waals surface area (Å²) in [5, 5.41) is 14.5. The first kappa shape index (κ1) is 16.0. The van der Waals surface area contributed by atoms with Crippen LogP contribution in [0, 0.1) is 17.0 Å². The highest BCUT2D eigenvalue weighted by molar-refractivity contribution is 5.91. The second kappa shape index (κ2) is 6.31. The number of ether oxygens (including phenoxy) is 1. The maximum absolute atomic E-state index is 11.7. The summed E-state index contributed by atoms with van der Waals surface area (Å²) in [6, 6.07) is 4.22. The predicted octanol–water partition coefficient (Wildman–Crippen LogP) is 2.31. The maximum atomic E-state index is 11.7. The standard InChI is InChI=1S/C16H18N4O4/c1-10-8-19-9-12(4-6-15(19)17-10)18-13-7-11(16(21)24-2)3-5-14(13)20(22)23/h3,5,7-8,12,18H,4,6,9H2,1-2H3/t12-/m1/s1. The molecule has 1 atom stereocenters. The summed E-state index contributed by atoms with van der Waals surface area (Å²) >= 11 is 0. The lowest BCUT2D eigenvalue weighted by atomic mass is 10.1. The van der Waals surface area contributed by atoms with Crippen molar-refractivity contribution in [2.45, 2.75) is 32.4 Å². The third kappa shape index (κ3) is 3.08. The van der Waals surface area contributed by atoms with Crippen LogP contribution in [0.15, 0.2) is 24.4 Å². The lowest BCUT2D eigenvalue weighted by Crippen LogP contribution is -2.31. The molecule has 0 radical (unpaired) electrons. The molecule has 0 unspecified atom stereocenters. The van der Waals surface area contributed by atoms with Gasteiger partial charge in [0, 0.05) is 31.3 Å². The van der Waals surface area contributed by atoms with Gasteiger partial charge in [-0.1, -0.05) is 0 Å². The number of nitro benzene ring substituents is 1. The number of rotatable bonds is 4. The van der Waals surface area contributed by atoms with Crippen LogP contribution in [-0.2, 0) is 17.7 Å². The van der Waals surface area contributed by atoms with Crippen LogP contribution in [0.4, 0.5) is 11.4 Å². The third-order valence-electron chi connectivity index (χ3n) is 4.09. The van der Waals surface area contributed by atoms with Crippen molar-refractivity contribution in [1.82, 2.24) is 9.55 Å². The number of nitrogens with one attached hydrogen (secondary N) is 1. The zero-order chi connectivity index (χ0) is 17.3. The van der Waals surface area contributed by atoms with E-state index < -0.39 is 10.9 Å². The Balaban J connectivity index is 1.85. The van der Waals surface area contributed by atoms with Gasteiger partial charge in [0.2, 0.25) is 0 Å². The van der Waals surface area contributed by atoms with Gasteiger partial charge in [-0.15, -0.1) is 0 Å². The molecule has 2 aromatic rings. The second-order valence-electron chi connectivity index (χ2n) is 5.81. The van der Waals surface area contributed by atoms with Gasteiger partial charge in [0.25, 0.3) is 5.69 Å². The van der Waals surface area contributed by atoms with E-state index in [0.29, 0.717) is 12.2 Å². The monoisotopic (exact) mass is 330 g/mol. The lowest BCUT2D eigenvalue weighted by molar-refractivity contribution is -0.384. The predicted molar refractivity (Wildman–Crippen MR) is 87.1 cm³/mol. The van der Waals surface area contributed by atoms with E-state index in [2.05, 4.69) is 19.6 Å². The maximum Gasteiger partial charge on any atom is 0.337 e. The molecule has 126 valence electrons. The molecule has 0 saturated heterocycles. The molecule has 0 aliphatic carbocycles. The first-order valence-electron chi connectivity index (χ1n) is 7.64. The summed E-state index contributed by atoms with van der Waals surface area (Å²) in [7, 11) is 1.28. The number of nitrogens with zero attached hydrogens (tertiary/aromatic N) is 3. The number of esters is 1. The summed E-state index contributed by atoms with van der Waals surface area (Å²) in [5.41, 5.74) is 1.51. The van der Waals surface area contributed by atoms with Crippen molar-refractivity contribution in [2.24, 2.45) is 0 Å².